The second-order valence-electron chi connectivity index (χ2n) is 3.92. The molecule has 1 heterocycles. The summed E-state index contributed by atoms with van der Waals surface area (Å²) in [6, 6.07) is 10.7. The van der Waals surface area contributed by atoms with Gasteiger partial charge in [-0.2, -0.15) is 0 Å². The molecule has 1 N–H and O–H groups in total. The summed E-state index contributed by atoms with van der Waals surface area (Å²) in [4.78, 5) is 11.7. The SMILES string of the molecule is CCOc1ccc(NC(=O)/C=C/c2ccc(Br)o2)cc1. The lowest BCUT2D eigenvalue weighted by Gasteiger charge is -2.05. The topological polar surface area (TPSA) is 51.5 Å². The van der Waals surface area contributed by atoms with Gasteiger partial charge in [-0.3, -0.25) is 4.79 Å². The zero-order chi connectivity index (χ0) is 14.4. The van der Waals surface area contributed by atoms with Gasteiger partial charge in [0.2, 0.25) is 5.91 Å². The normalized spacial score (nSPS) is 10.7. The molecule has 0 unspecified atom stereocenters. The van der Waals surface area contributed by atoms with E-state index in [1.807, 2.05) is 19.1 Å². The van der Waals surface area contributed by atoms with E-state index in [9.17, 15) is 4.79 Å². The first-order valence-corrected chi connectivity index (χ1v) is 6.94. The van der Waals surface area contributed by atoms with Crippen molar-refractivity contribution in [1.82, 2.24) is 0 Å². The van der Waals surface area contributed by atoms with Crippen LogP contribution in [0.3, 0.4) is 0 Å². The van der Waals surface area contributed by atoms with Crippen LogP contribution in [0.15, 0.2) is 51.6 Å². The summed E-state index contributed by atoms with van der Waals surface area (Å²) in [6.45, 7) is 2.54. The maximum Gasteiger partial charge on any atom is 0.248 e. The summed E-state index contributed by atoms with van der Waals surface area (Å²) in [7, 11) is 0. The van der Waals surface area contributed by atoms with E-state index in [0.29, 0.717) is 22.7 Å². The molecule has 1 amide bonds. The van der Waals surface area contributed by atoms with Crippen LogP contribution in [-0.2, 0) is 4.79 Å². The van der Waals surface area contributed by atoms with Gasteiger partial charge in [-0.05, 0) is 65.3 Å². The Hall–Kier alpha value is -2.01. The molecule has 0 radical (unpaired) electrons. The van der Waals surface area contributed by atoms with Gasteiger partial charge in [-0.1, -0.05) is 0 Å². The number of ether oxygens (including phenoxy) is 1. The molecule has 0 spiro atoms. The van der Waals surface area contributed by atoms with Gasteiger partial charge in [-0.25, -0.2) is 0 Å². The molecule has 20 heavy (non-hydrogen) atoms. The Kier molecular flexibility index (Phi) is 5.01. The van der Waals surface area contributed by atoms with Crippen LogP contribution in [0.2, 0.25) is 0 Å². The third-order valence-electron chi connectivity index (χ3n) is 2.43. The predicted molar refractivity (Wildman–Crippen MR) is 81.7 cm³/mol. The van der Waals surface area contributed by atoms with Crippen LogP contribution >= 0.6 is 15.9 Å². The highest BCUT2D eigenvalue weighted by Gasteiger charge is 2.00. The van der Waals surface area contributed by atoms with Gasteiger partial charge in [0.15, 0.2) is 4.67 Å². The quantitative estimate of drug-likeness (QED) is 0.837. The number of hydrogen-bond donors (Lipinski definition) is 1. The van der Waals surface area contributed by atoms with E-state index in [2.05, 4.69) is 21.2 Å². The Morgan fingerprint density at radius 1 is 1.30 bits per heavy atom. The Morgan fingerprint density at radius 2 is 2.05 bits per heavy atom. The molecule has 0 aliphatic heterocycles. The number of hydrogen-bond acceptors (Lipinski definition) is 3. The molecule has 0 bridgehead atoms. The molecular weight excluding hydrogens is 322 g/mol. The minimum absolute atomic E-state index is 0.221. The lowest BCUT2D eigenvalue weighted by Crippen LogP contribution is -2.07. The largest absolute Gasteiger partial charge is 0.494 e. The lowest BCUT2D eigenvalue weighted by molar-refractivity contribution is -0.111. The van der Waals surface area contributed by atoms with Crippen molar-refractivity contribution in [3.8, 4) is 5.75 Å². The van der Waals surface area contributed by atoms with Gasteiger partial charge in [-0.15, -0.1) is 0 Å². The number of halogens is 1. The van der Waals surface area contributed by atoms with Crippen molar-refractivity contribution >= 4 is 33.6 Å². The fourth-order valence-corrected chi connectivity index (χ4v) is 1.88. The van der Waals surface area contributed by atoms with E-state index in [4.69, 9.17) is 9.15 Å². The second kappa shape index (κ2) is 6.96. The zero-order valence-electron chi connectivity index (χ0n) is 10.9. The van der Waals surface area contributed by atoms with Crippen LogP contribution in [0, 0.1) is 0 Å². The monoisotopic (exact) mass is 335 g/mol. The van der Waals surface area contributed by atoms with Gasteiger partial charge in [0, 0.05) is 11.8 Å². The predicted octanol–water partition coefficient (Wildman–Crippen LogP) is 4.09. The molecule has 5 heteroatoms. The number of anilines is 1. The first-order chi connectivity index (χ1) is 9.67. The van der Waals surface area contributed by atoms with Gasteiger partial charge >= 0.3 is 0 Å². The van der Waals surface area contributed by atoms with Crippen LogP contribution in [0.25, 0.3) is 6.08 Å². The standard InChI is InChI=1S/C15H14BrNO3/c1-2-19-12-5-3-11(4-6-12)17-15(18)10-8-13-7-9-14(16)20-13/h3-10H,2H2,1H3,(H,17,18)/b10-8+. The number of furan rings is 1. The number of carbonyl (C=O) groups excluding carboxylic acids is 1. The summed E-state index contributed by atoms with van der Waals surface area (Å²) in [6.07, 6.45) is 3.02. The maximum atomic E-state index is 11.7. The smallest absolute Gasteiger partial charge is 0.248 e. The van der Waals surface area contributed by atoms with E-state index in [1.165, 1.54) is 6.08 Å². The van der Waals surface area contributed by atoms with Gasteiger partial charge in [0.05, 0.1) is 6.61 Å². The number of nitrogens with one attached hydrogen (secondary N) is 1. The van der Waals surface area contributed by atoms with E-state index < -0.39 is 0 Å². The van der Waals surface area contributed by atoms with E-state index in [1.54, 1.807) is 30.3 Å². The second-order valence-corrected chi connectivity index (χ2v) is 4.70. The molecule has 104 valence electrons. The average molecular weight is 336 g/mol. The summed E-state index contributed by atoms with van der Waals surface area (Å²) >= 11 is 3.20. The highest BCUT2D eigenvalue weighted by atomic mass is 79.9. The number of carbonyl (C=O) groups is 1. The maximum absolute atomic E-state index is 11.7. The van der Waals surface area contributed by atoms with Crippen molar-refractivity contribution < 1.29 is 13.9 Å². The summed E-state index contributed by atoms with van der Waals surface area (Å²) < 4.78 is 11.2. The Morgan fingerprint density at radius 3 is 2.65 bits per heavy atom. The number of amides is 1. The Balaban J connectivity index is 1.92. The van der Waals surface area contributed by atoms with Crippen LogP contribution in [0.1, 0.15) is 12.7 Å². The molecule has 2 rings (SSSR count). The van der Waals surface area contributed by atoms with E-state index in [0.717, 1.165) is 5.75 Å². The average Bonchev–Trinajstić information content (AvgIpc) is 2.85. The van der Waals surface area contributed by atoms with Crippen molar-refractivity contribution in [2.75, 3.05) is 11.9 Å². The number of rotatable bonds is 5. The molecular formula is C15H14BrNO3. The fraction of sp³-hybridized carbons (Fsp3) is 0.133. The molecule has 2 aromatic rings. The van der Waals surface area contributed by atoms with E-state index >= 15 is 0 Å². The minimum Gasteiger partial charge on any atom is -0.494 e. The van der Waals surface area contributed by atoms with Crippen molar-refractivity contribution in [2.24, 2.45) is 0 Å². The van der Waals surface area contributed by atoms with Gasteiger partial charge in [0.25, 0.3) is 0 Å². The van der Waals surface area contributed by atoms with E-state index in [-0.39, 0.29) is 5.91 Å². The first kappa shape index (κ1) is 14.4. The van der Waals surface area contributed by atoms with Crippen molar-refractivity contribution in [3.05, 3.63) is 52.9 Å². The summed E-state index contributed by atoms with van der Waals surface area (Å²) in [5.41, 5.74) is 0.712. The molecule has 1 aromatic carbocycles. The molecule has 0 saturated heterocycles. The molecule has 0 atom stereocenters. The van der Waals surface area contributed by atoms with Crippen LogP contribution in [-0.4, -0.2) is 12.5 Å². The fourth-order valence-electron chi connectivity index (χ4n) is 1.56. The molecule has 1 aromatic heterocycles. The van der Waals surface area contributed by atoms with Crippen molar-refractivity contribution in [1.29, 1.82) is 0 Å². The van der Waals surface area contributed by atoms with Crippen LogP contribution in [0.5, 0.6) is 5.75 Å². The molecule has 0 saturated carbocycles. The Bertz CT molecular complexity index is 602. The third kappa shape index (κ3) is 4.28. The van der Waals surface area contributed by atoms with Crippen LogP contribution in [0.4, 0.5) is 5.69 Å². The molecule has 0 fully saturated rings. The zero-order valence-corrected chi connectivity index (χ0v) is 12.5. The third-order valence-corrected chi connectivity index (χ3v) is 2.85. The summed E-state index contributed by atoms with van der Waals surface area (Å²) in [5.74, 6) is 1.17. The molecule has 0 aliphatic carbocycles. The first-order valence-electron chi connectivity index (χ1n) is 6.14. The summed E-state index contributed by atoms with van der Waals surface area (Å²) in [5, 5.41) is 2.75. The van der Waals surface area contributed by atoms with Gasteiger partial charge in [0.1, 0.15) is 11.5 Å². The van der Waals surface area contributed by atoms with Crippen molar-refractivity contribution in [3.63, 3.8) is 0 Å². The molecule has 0 aliphatic rings. The Labute approximate surface area is 125 Å². The van der Waals surface area contributed by atoms with Gasteiger partial charge < -0.3 is 14.5 Å². The lowest BCUT2D eigenvalue weighted by atomic mass is 10.3. The highest BCUT2D eigenvalue weighted by Crippen LogP contribution is 2.17. The highest BCUT2D eigenvalue weighted by molar-refractivity contribution is 9.10. The number of benzene rings is 1. The minimum atomic E-state index is -0.221. The molecule has 4 nitrogen and oxygen atoms in total. The van der Waals surface area contributed by atoms with Crippen LogP contribution < -0.4 is 10.1 Å². The van der Waals surface area contributed by atoms with Crippen molar-refractivity contribution in [2.45, 2.75) is 6.92 Å².